The summed E-state index contributed by atoms with van der Waals surface area (Å²) in [5, 5.41) is 9.69. The Morgan fingerprint density at radius 2 is 1.59 bits per heavy atom. The first-order valence-corrected chi connectivity index (χ1v) is 15.5. The lowest BCUT2D eigenvalue weighted by Crippen LogP contribution is -2.57. The van der Waals surface area contributed by atoms with E-state index in [1.807, 2.05) is 6.92 Å². The highest BCUT2D eigenvalue weighted by atomic mass is 19.4. The number of aromatic nitrogens is 2. The number of amides is 1. The van der Waals surface area contributed by atoms with E-state index < -0.39 is 47.5 Å². The molecule has 2 aromatic carbocycles. The molecule has 2 unspecified atom stereocenters. The highest BCUT2D eigenvalue weighted by Gasteiger charge is 2.45. The summed E-state index contributed by atoms with van der Waals surface area (Å²) in [4.78, 5) is 30.2. The third-order valence-corrected chi connectivity index (χ3v) is 7.96. The molecule has 2 heterocycles. The molecule has 1 aromatic heterocycles. The van der Waals surface area contributed by atoms with Crippen molar-refractivity contribution in [2.24, 2.45) is 0 Å². The van der Waals surface area contributed by atoms with Crippen LogP contribution < -0.4 is 15.0 Å². The summed E-state index contributed by atoms with van der Waals surface area (Å²) in [6, 6.07) is 4.90. The van der Waals surface area contributed by atoms with Gasteiger partial charge in [-0.25, -0.2) is 23.5 Å². The van der Waals surface area contributed by atoms with Gasteiger partial charge in [0.25, 0.3) is 11.9 Å². The van der Waals surface area contributed by atoms with Crippen molar-refractivity contribution in [1.82, 2.24) is 15.3 Å². The second kappa shape index (κ2) is 16.1. The number of hydrogen-bond acceptors (Lipinski definition) is 7. The number of carboxylic acid groups (broad SMARTS) is 1. The number of hydrogen-bond donors (Lipinski definition) is 2. The Labute approximate surface area is 289 Å². The van der Waals surface area contributed by atoms with Crippen LogP contribution in [0.3, 0.4) is 0 Å². The van der Waals surface area contributed by atoms with E-state index in [9.17, 15) is 39.9 Å². The van der Waals surface area contributed by atoms with E-state index in [0.717, 1.165) is 49.4 Å². The van der Waals surface area contributed by atoms with Gasteiger partial charge in [-0.1, -0.05) is 6.92 Å². The third-order valence-electron chi connectivity index (χ3n) is 7.96. The predicted octanol–water partition coefficient (Wildman–Crippen LogP) is 8.07. The summed E-state index contributed by atoms with van der Waals surface area (Å²) in [5.74, 6) is -1.76. The summed E-state index contributed by atoms with van der Waals surface area (Å²) in [5.41, 5.74) is 2.34. The van der Waals surface area contributed by atoms with E-state index in [0.29, 0.717) is 24.0 Å². The molecule has 0 saturated carbocycles. The van der Waals surface area contributed by atoms with Crippen molar-refractivity contribution in [2.75, 3.05) is 32.2 Å². The first-order valence-electron chi connectivity index (χ1n) is 15.5. The van der Waals surface area contributed by atoms with E-state index in [-0.39, 0.29) is 31.1 Å². The van der Waals surface area contributed by atoms with Gasteiger partial charge in [0.05, 0.1) is 44.1 Å². The smallest absolute Gasteiger partial charge is 0.416 e. The number of rotatable bonds is 6. The van der Waals surface area contributed by atoms with Gasteiger partial charge < -0.3 is 24.8 Å². The zero-order valence-corrected chi connectivity index (χ0v) is 28.6. The quantitative estimate of drug-likeness (QED) is 0.245. The molecule has 1 aliphatic heterocycles. The van der Waals surface area contributed by atoms with Crippen LogP contribution in [0.5, 0.6) is 5.75 Å². The van der Waals surface area contributed by atoms with Crippen molar-refractivity contribution in [3.05, 3.63) is 70.0 Å². The van der Waals surface area contributed by atoms with Crippen LogP contribution in [-0.4, -0.2) is 66.4 Å². The van der Waals surface area contributed by atoms with Gasteiger partial charge in [-0.15, -0.1) is 0 Å². The number of fused-ring (bicyclic) bond motifs is 1. The molecule has 17 heteroatoms. The number of nitrogens with one attached hydrogen (secondary N) is 1. The molecular weight excluding hydrogens is 696 g/mol. The molecule has 0 radical (unpaired) electrons. The van der Waals surface area contributed by atoms with Gasteiger partial charge >= 0.3 is 18.4 Å². The average Bonchev–Trinajstić information content (AvgIpc) is 3.37. The van der Waals surface area contributed by atoms with E-state index in [4.69, 9.17) is 14.6 Å². The lowest BCUT2D eigenvalue weighted by molar-refractivity contribution is -0.143. The lowest BCUT2D eigenvalue weighted by atomic mass is 9.96. The van der Waals surface area contributed by atoms with Gasteiger partial charge in [0.15, 0.2) is 0 Å². The van der Waals surface area contributed by atoms with Gasteiger partial charge in [0.1, 0.15) is 5.75 Å². The fraction of sp³-hybridized carbons (Fsp3) is 0.471. The number of alkyl halides is 8. The Kier molecular flexibility index (Phi) is 12.9. The van der Waals surface area contributed by atoms with Gasteiger partial charge in [0.2, 0.25) is 5.95 Å². The summed E-state index contributed by atoms with van der Waals surface area (Å²) in [6.07, 6.45) is -6.87. The number of carbonyl (C=O) groups excluding carboxylic acids is 1. The third kappa shape index (κ3) is 11.1. The Balaban J connectivity index is 0.000000252. The monoisotopic (exact) mass is 734 g/mol. The van der Waals surface area contributed by atoms with Crippen molar-refractivity contribution in [3.8, 4) is 16.9 Å². The van der Waals surface area contributed by atoms with Crippen LogP contribution in [-0.2, 0) is 34.7 Å². The maximum Gasteiger partial charge on any atom is 0.416 e. The molecule has 5 rings (SSSR count). The molecule has 280 valence electrons. The Morgan fingerprint density at radius 1 is 1.02 bits per heavy atom. The summed E-state index contributed by atoms with van der Waals surface area (Å²) in [6.45, 7) is 6.01. The highest BCUT2D eigenvalue weighted by Crippen LogP contribution is 2.42. The molecule has 9 nitrogen and oxygen atoms in total. The Bertz CT molecular complexity index is 1670. The van der Waals surface area contributed by atoms with E-state index in [2.05, 4.69) is 39.1 Å². The van der Waals surface area contributed by atoms with Crippen LogP contribution in [0.1, 0.15) is 66.6 Å². The predicted molar refractivity (Wildman–Crippen MR) is 171 cm³/mol. The topological polar surface area (TPSA) is 114 Å². The van der Waals surface area contributed by atoms with Crippen molar-refractivity contribution < 1.29 is 59.3 Å². The van der Waals surface area contributed by atoms with Crippen LogP contribution >= 0.6 is 0 Å². The van der Waals surface area contributed by atoms with Crippen molar-refractivity contribution >= 4 is 18.0 Å². The molecule has 1 saturated heterocycles. The molecule has 1 aliphatic carbocycles. The number of ether oxygens (including phenoxy) is 2. The molecule has 51 heavy (non-hydrogen) atoms. The summed E-state index contributed by atoms with van der Waals surface area (Å²) < 4.78 is 112. The van der Waals surface area contributed by atoms with Crippen molar-refractivity contribution in [1.29, 1.82) is 0 Å². The minimum absolute atomic E-state index is 0.0574. The van der Waals surface area contributed by atoms with E-state index in [1.54, 1.807) is 13.3 Å². The number of halogens is 8. The number of nitrogens with zero attached hydrogens (tertiary/aromatic N) is 3. The molecule has 0 spiro atoms. The zero-order chi connectivity index (χ0) is 38.5. The average molecular weight is 735 g/mol. The van der Waals surface area contributed by atoms with Crippen LogP contribution in [0.15, 0.2) is 36.5 Å². The van der Waals surface area contributed by atoms with Gasteiger partial charge in [-0.3, -0.25) is 4.79 Å². The number of aliphatic carboxylic acids is 1. The summed E-state index contributed by atoms with van der Waals surface area (Å²) in [7, 11) is 2.75. The number of benzene rings is 2. The zero-order valence-electron chi connectivity index (χ0n) is 28.6. The fourth-order valence-corrected chi connectivity index (χ4v) is 5.55. The Hall–Kier alpha value is -4.70. The van der Waals surface area contributed by atoms with Gasteiger partial charge in [0, 0.05) is 30.3 Å². The number of carbonyl (C=O) groups is 2. The maximum atomic E-state index is 13.1. The van der Waals surface area contributed by atoms with Crippen LogP contribution in [0.4, 0.5) is 45.9 Å². The first kappa shape index (κ1) is 40.7. The minimum Gasteiger partial charge on any atom is -0.496 e. The van der Waals surface area contributed by atoms with Crippen LogP contribution in [0.25, 0.3) is 11.1 Å². The largest absolute Gasteiger partial charge is 0.496 e. The highest BCUT2D eigenvalue weighted by molar-refractivity contribution is 5.74. The van der Waals surface area contributed by atoms with Crippen molar-refractivity contribution in [2.45, 2.75) is 77.2 Å². The lowest BCUT2D eigenvalue weighted by Gasteiger charge is -2.38. The standard InChI is InChI=1S/C19H21F2N3O.C13H13F6NO2.C2H4O2/c1-11-4-5-13-6-17(25-3)15(7-14(11)13)16-8-22-18(23-12(16)2)24-9-19(20,21)10-24;1-7(20-11(21)22-2)3-8-4-9(12(14,15)16)6-10(5-8)13(17,18)19;1-2(3)4/h6-8,11H,4-5,9-10H2,1-3H3;4-7H,3H2,1-2H3,(H,20,21);1H3,(H,3,4). The molecule has 2 atom stereocenters. The number of methoxy groups -OCH3 is 2. The first-order chi connectivity index (χ1) is 23.5. The molecule has 2 N–H and O–H groups in total. The normalized spacial score (nSPS) is 16.7. The molecule has 1 fully saturated rings. The van der Waals surface area contributed by atoms with E-state index in [1.165, 1.54) is 23.0 Å². The fourth-order valence-electron chi connectivity index (χ4n) is 5.55. The van der Waals surface area contributed by atoms with Gasteiger partial charge in [-0.2, -0.15) is 26.3 Å². The molecular formula is C34H38F8N4O5. The second-order valence-electron chi connectivity index (χ2n) is 12.2. The molecule has 1 amide bonds. The maximum absolute atomic E-state index is 13.1. The number of carboxylic acids is 1. The molecule has 0 bridgehead atoms. The van der Waals surface area contributed by atoms with Crippen molar-refractivity contribution in [3.63, 3.8) is 0 Å². The molecule has 3 aromatic rings. The van der Waals surface area contributed by atoms with Crippen LogP contribution in [0, 0.1) is 6.92 Å². The Morgan fingerprint density at radius 3 is 2.06 bits per heavy atom. The SMILES string of the molecule is CC(=O)O.COC(=O)NC(C)Cc1cc(C(F)(F)F)cc(C(F)(F)F)c1.COc1cc2c(cc1-c1cnc(N3CC(F)(F)C3)nc1C)C(C)CC2. The van der Waals surface area contributed by atoms with E-state index >= 15 is 0 Å². The number of aryl methyl sites for hydroxylation is 2. The summed E-state index contributed by atoms with van der Waals surface area (Å²) >= 11 is 0. The molecule has 2 aliphatic rings. The number of anilines is 1. The second-order valence-corrected chi connectivity index (χ2v) is 12.2. The van der Waals surface area contributed by atoms with Gasteiger partial charge in [-0.05, 0) is 86.1 Å². The number of alkyl carbamates (subject to hydrolysis) is 1. The minimum atomic E-state index is -4.89. The van der Waals surface area contributed by atoms with Crippen LogP contribution in [0.2, 0.25) is 0 Å².